The number of ether oxygens (including phenoxy) is 1. The van der Waals surface area contributed by atoms with Crippen molar-refractivity contribution in [3.63, 3.8) is 0 Å². The molecule has 2 rings (SSSR count). The molecule has 2 aromatic rings. The minimum atomic E-state index is -0.478. The van der Waals surface area contributed by atoms with Crippen molar-refractivity contribution >= 4 is 17.1 Å². The minimum absolute atomic E-state index is 0.405. The number of aryl methyl sites for hydroxylation is 1. The van der Waals surface area contributed by atoms with Crippen molar-refractivity contribution in [2.45, 2.75) is 39.8 Å². The molecule has 0 bridgehead atoms. The molecule has 1 heterocycles. The van der Waals surface area contributed by atoms with Crippen molar-refractivity contribution in [2.75, 3.05) is 0 Å². The van der Waals surface area contributed by atoms with Gasteiger partial charge in [-0.05, 0) is 51.0 Å². The molecule has 0 unspecified atom stereocenters. The number of carbonyl (C=O) groups excluding carboxylic acids is 1. The molecule has 1 aromatic carbocycles. The van der Waals surface area contributed by atoms with Crippen molar-refractivity contribution in [1.29, 1.82) is 0 Å². The second kappa shape index (κ2) is 4.96. The van der Waals surface area contributed by atoms with E-state index in [-0.39, 0.29) is 0 Å². The van der Waals surface area contributed by atoms with E-state index >= 15 is 0 Å². The number of benzene rings is 1. The van der Waals surface area contributed by atoms with E-state index in [4.69, 9.17) is 9.15 Å². The van der Waals surface area contributed by atoms with Crippen LogP contribution in [0.15, 0.2) is 28.9 Å². The highest BCUT2D eigenvalue weighted by atomic mass is 16.6. The maximum absolute atomic E-state index is 11.6. The fourth-order valence-electron chi connectivity index (χ4n) is 1.93. The third-order valence-corrected chi connectivity index (χ3v) is 2.63. The summed E-state index contributed by atoms with van der Waals surface area (Å²) in [5.74, 6) is 0. The molecular weight excluding hydrogens is 242 g/mol. The molecule has 19 heavy (non-hydrogen) atoms. The number of amides is 1. The number of furan rings is 1. The predicted octanol–water partition coefficient (Wildman–Crippen LogP) is 3.77. The van der Waals surface area contributed by atoms with Crippen LogP contribution in [0.5, 0.6) is 0 Å². The molecule has 0 aliphatic rings. The van der Waals surface area contributed by atoms with Gasteiger partial charge in [0, 0.05) is 11.9 Å². The third-order valence-electron chi connectivity index (χ3n) is 2.63. The van der Waals surface area contributed by atoms with Crippen LogP contribution >= 0.6 is 0 Å². The number of hydrogen-bond acceptors (Lipinski definition) is 3. The summed E-state index contributed by atoms with van der Waals surface area (Å²) in [5.41, 5.74) is 2.50. The number of nitrogens with one attached hydrogen (secondary N) is 1. The number of fused-ring (bicyclic) bond motifs is 1. The second-order valence-electron chi connectivity index (χ2n) is 5.61. The maximum Gasteiger partial charge on any atom is 0.407 e. The lowest BCUT2D eigenvalue weighted by Gasteiger charge is -2.19. The molecule has 1 aromatic heterocycles. The lowest BCUT2D eigenvalue weighted by Crippen LogP contribution is -2.32. The molecule has 0 fully saturated rings. The molecule has 0 aliphatic heterocycles. The third kappa shape index (κ3) is 3.50. The molecule has 0 spiro atoms. The zero-order valence-electron chi connectivity index (χ0n) is 11.7. The van der Waals surface area contributed by atoms with Crippen LogP contribution in [0, 0.1) is 6.92 Å². The number of rotatable bonds is 2. The number of carbonyl (C=O) groups is 1. The molecule has 1 amide bonds. The molecule has 0 radical (unpaired) electrons. The zero-order valence-corrected chi connectivity index (χ0v) is 11.7. The first-order valence-corrected chi connectivity index (χ1v) is 6.29. The summed E-state index contributed by atoms with van der Waals surface area (Å²) in [4.78, 5) is 11.6. The largest absolute Gasteiger partial charge is 0.464 e. The summed E-state index contributed by atoms with van der Waals surface area (Å²) in [7, 11) is 0. The van der Waals surface area contributed by atoms with Gasteiger partial charge in [0.15, 0.2) is 0 Å². The Morgan fingerprint density at radius 1 is 1.37 bits per heavy atom. The highest BCUT2D eigenvalue weighted by Gasteiger charge is 2.15. The Bertz CT molecular complexity index is 593. The summed E-state index contributed by atoms with van der Waals surface area (Å²) in [5, 5.41) is 3.79. The van der Waals surface area contributed by atoms with Crippen molar-refractivity contribution < 1.29 is 13.9 Å². The van der Waals surface area contributed by atoms with Gasteiger partial charge < -0.3 is 14.5 Å². The minimum Gasteiger partial charge on any atom is -0.464 e. The topological polar surface area (TPSA) is 51.5 Å². The van der Waals surface area contributed by atoms with Gasteiger partial charge in [0.05, 0.1) is 6.26 Å². The van der Waals surface area contributed by atoms with Gasteiger partial charge in [0.2, 0.25) is 0 Å². The lowest BCUT2D eigenvalue weighted by molar-refractivity contribution is 0.0523. The first kappa shape index (κ1) is 13.5. The summed E-state index contributed by atoms with van der Waals surface area (Å²) in [6.45, 7) is 7.95. The van der Waals surface area contributed by atoms with Crippen LogP contribution in [0.25, 0.3) is 11.0 Å². The average molecular weight is 261 g/mol. The molecular formula is C15H19NO3. The van der Waals surface area contributed by atoms with Crippen LogP contribution in [-0.4, -0.2) is 11.7 Å². The molecule has 1 N–H and O–H groups in total. The second-order valence-corrected chi connectivity index (χ2v) is 5.61. The Hall–Kier alpha value is -1.97. The summed E-state index contributed by atoms with van der Waals surface area (Å²) < 4.78 is 10.6. The van der Waals surface area contributed by atoms with E-state index < -0.39 is 11.7 Å². The van der Waals surface area contributed by atoms with Gasteiger partial charge in [-0.3, -0.25) is 0 Å². The summed E-state index contributed by atoms with van der Waals surface area (Å²) in [6, 6.07) is 5.92. The Morgan fingerprint density at radius 3 is 2.79 bits per heavy atom. The van der Waals surface area contributed by atoms with Gasteiger partial charge in [-0.1, -0.05) is 6.07 Å². The van der Waals surface area contributed by atoms with Crippen molar-refractivity contribution in [1.82, 2.24) is 5.32 Å². The first-order chi connectivity index (χ1) is 8.85. The van der Waals surface area contributed by atoms with Gasteiger partial charge in [-0.2, -0.15) is 0 Å². The predicted molar refractivity (Wildman–Crippen MR) is 74.0 cm³/mol. The van der Waals surface area contributed by atoms with E-state index in [1.807, 2.05) is 45.9 Å². The molecule has 102 valence electrons. The Kier molecular flexibility index (Phi) is 3.51. The summed E-state index contributed by atoms with van der Waals surface area (Å²) in [6.07, 6.45) is 1.26. The van der Waals surface area contributed by atoms with Crippen LogP contribution in [0.1, 0.15) is 31.9 Å². The van der Waals surface area contributed by atoms with Crippen LogP contribution in [0.3, 0.4) is 0 Å². The van der Waals surface area contributed by atoms with Gasteiger partial charge in [0.25, 0.3) is 0 Å². The van der Waals surface area contributed by atoms with Gasteiger partial charge >= 0.3 is 6.09 Å². The highest BCUT2D eigenvalue weighted by Crippen LogP contribution is 2.21. The molecule has 4 nitrogen and oxygen atoms in total. The van der Waals surface area contributed by atoms with Gasteiger partial charge in [-0.15, -0.1) is 0 Å². The fraction of sp³-hybridized carbons (Fsp3) is 0.400. The average Bonchev–Trinajstić information content (AvgIpc) is 2.72. The van der Waals surface area contributed by atoms with Crippen molar-refractivity contribution in [3.05, 3.63) is 35.6 Å². The molecule has 4 heteroatoms. The molecule has 0 aliphatic carbocycles. The van der Waals surface area contributed by atoms with E-state index in [9.17, 15) is 4.79 Å². The maximum atomic E-state index is 11.6. The zero-order chi connectivity index (χ0) is 14.0. The first-order valence-electron chi connectivity index (χ1n) is 6.29. The quantitative estimate of drug-likeness (QED) is 0.895. The van der Waals surface area contributed by atoms with E-state index in [1.54, 1.807) is 6.26 Å². The van der Waals surface area contributed by atoms with Gasteiger partial charge in [0.1, 0.15) is 11.2 Å². The molecule has 0 saturated heterocycles. The smallest absolute Gasteiger partial charge is 0.407 e. The summed E-state index contributed by atoms with van der Waals surface area (Å²) >= 11 is 0. The van der Waals surface area contributed by atoms with Crippen LogP contribution in [0.2, 0.25) is 0 Å². The highest BCUT2D eigenvalue weighted by molar-refractivity contribution is 5.81. The van der Waals surface area contributed by atoms with E-state index in [2.05, 4.69) is 5.32 Å². The number of hydrogen-bond donors (Lipinski definition) is 1. The Morgan fingerprint density at radius 2 is 2.11 bits per heavy atom. The van der Waals surface area contributed by atoms with Gasteiger partial charge in [-0.25, -0.2) is 4.79 Å². The normalized spacial score (nSPS) is 11.6. The molecule has 0 atom stereocenters. The fourth-order valence-corrected chi connectivity index (χ4v) is 1.93. The lowest BCUT2D eigenvalue weighted by atomic mass is 10.1. The monoisotopic (exact) mass is 261 g/mol. The SMILES string of the molecule is Cc1cc(CNC(=O)OC(C)(C)C)cc2ccoc12. The number of alkyl carbamates (subject to hydrolysis) is 1. The van der Waals surface area contributed by atoms with E-state index in [0.717, 1.165) is 22.1 Å². The van der Waals surface area contributed by atoms with Crippen LogP contribution < -0.4 is 5.32 Å². The Labute approximate surface area is 112 Å². The molecule has 0 saturated carbocycles. The van der Waals surface area contributed by atoms with E-state index in [0.29, 0.717) is 6.54 Å². The standard InChI is InChI=1S/C15H19NO3/c1-10-7-11(8-12-5-6-18-13(10)12)9-16-14(17)19-15(2,3)4/h5-8H,9H2,1-4H3,(H,16,17). The van der Waals surface area contributed by atoms with Crippen molar-refractivity contribution in [2.24, 2.45) is 0 Å². The Balaban J connectivity index is 2.04. The van der Waals surface area contributed by atoms with Crippen LogP contribution in [0.4, 0.5) is 4.79 Å². The van der Waals surface area contributed by atoms with E-state index in [1.165, 1.54) is 0 Å². The van der Waals surface area contributed by atoms with Crippen molar-refractivity contribution in [3.8, 4) is 0 Å². The van der Waals surface area contributed by atoms with Crippen LogP contribution in [-0.2, 0) is 11.3 Å².